The summed E-state index contributed by atoms with van der Waals surface area (Å²) in [5.41, 5.74) is 8.49. The van der Waals surface area contributed by atoms with Crippen LogP contribution in [0.1, 0.15) is 37.4 Å². The number of benzene rings is 1. The molecule has 2 rings (SSSR count). The van der Waals surface area contributed by atoms with Crippen molar-refractivity contribution in [1.29, 1.82) is 0 Å². The lowest BCUT2D eigenvalue weighted by molar-refractivity contribution is 0.603. The first-order valence-electron chi connectivity index (χ1n) is 7.28. The highest BCUT2D eigenvalue weighted by molar-refractivity contribution is 7.99. The van der Waals surface area contributed by atoms with E-state index in [-0.39, 0.29) is 11.7 Å². The lowest BCUT2D eigenvalue weighted by Gasteiger charge is -2.12. The van der Waals surface area contributed by atoms with Crippen molar-refractivity contribution < 1.29 is 0 Å². The number of aromatic nitrogens is 3. The van der Waals surface area contributed by atoms with Gasteiger partial charge in [0, 0.05) is 18.3 Å². The van der Waals surface area contributed by atoms with Gasteiger partial charge < -0.3 is 5.73 Å². The van der Waals surface area contributed by atoms with Crippen LogP contribution in [0.4, 0.5) is 0 Å². The van der Waals surface area contributed by atoms with E-state index >= 15 is 0 Å². The first-order valence-corrected chi connectivity index (χ1v) is 8.26. The zero-order valence-electron chi connectivity index (χ0n) is 12.5. The van der Waals surface area contributed by atoms with Crippen molar-refractivity contribution in [3.63, 3.8) is 0 Å². The molecule has 0 saturated carbocycles. The number of H-pyrrole nitrogens is 1. The summed E-state index contributed by atoms with van der Waals surface area (Å²) < 4.78 is 1.66. The summed E-state index contributed by atoms with van der Waals surface area (Å²) in [4.78, 5) is 11.6. The molecule has 1 heterocycles. The van der Waals surface area contributed by atoms with Gasteiger partial charge in [0.1, 0.15) is 0 Å². The topological polar surface area (TPSA) is 76.7 Å². The highest BCUT2D eigenvalue weighted by Crippen LogP contribution is 2.21. The molecule has 1 unspecified atom stereocenters. The molecule has 0 saturated heterocycles. The molecular weight excluding hydrogens is 284 g/mol. The molecular formula is C15H22N4OS. The molecule has 114 valence electrons. The maximum Gasteiger partial charge on any atom is 0.343 e. The van der Waals surface area contributed by atoms with Gasteiger partial charge in [0.2, 0.25) is 0 Å². The Kier molecular flexibility index (Phi) is 5.64. The number of aryl methyl sites for hydroxylation is 1. The quantitative estimate of drug-likeness (QED) is 0.770. The van der Waals surface area contributed by atoms with Crippen LogP contribution < -0.4 is 11.4 Å². The van der Waals surface area contributed by atoms with Crippen LogP contribution in [0.3, 0.4) is 0 Å². The van der Waals surface area contributed by atoms with Gasteiger partial charge >= 0.3 is 5.69 Å². The molecule has 0 aliphatic carbocycles. The molecule has 1 aromatic heterocycles. The van der Waals surface area contributed by atoms with Crippen LogP contribution in [0.2, 0.25) is 0 Å². The molecule has 1 aromatic carbocycles. The zero-order chi connectivity index (χ0) is 15.2. The maximum absolute atomic E-state index is 11.6. The average molecular weight is 306 g/mol. The Morgan fingerprint density at radius 1 is 1.33 bits per heavy atom. The number of nitrogens with two attached hydrogens (primary N) is 1. The van der Waals surface area contributed by atoms with Gasteiger partial charge in [-0.2, -0.15) is 0 Å². The van der Waals surface area contributed by atoms with Crippen molar-refractivity contribution >= 4 is 11.8 Å². The number of rotatable bonds is 7. The van der Waals surface area contributed by atoms with Crippen molar-refractivity contribution in [1.82, 2.24) is 14.8 Å². The third-order valence-corrected chi connectivity index (χ3v) is 4.47. The third-order valence-electron chi connectivity index (χ3n) is 3.38. The molecule has 0 aliphatic heterocycles. The van der Waals surface area contributed by atoms with Gasteiger partial charge in [-0.25, -0.2) is 9.89 Å². The van der Waals surface area contributed by atoms with Gasteiger partial charge in [0.25, 0.3) is 0 Å². The first-order chi connectivity index (χ1) is 10.2. The minimum absolute atomic E-state index is 0.0669. The van der Waals surface area contributed by atoms with E-state index in [2.05, 4.69) is 41.4 Å². The molecule has 5 nitrogen and oxygen atoms in total. The van der Waals surface area contributed by atoms with Crippen molar-refractivity contribution in [2.75, 3.05) is 5.75 Å². The number of aromatic amines is 1. The SMILES string of the molecule is CCCn1c(SCC(N)c2ccc(CC)cc2)n[nH]c1=O. The Balaban J connectivity index is 2.00. The highest BCUT2D eigenvalue weighted by atomic mass is 32.2. The van der Waals surface area contributed by atoms with Crippen LogP contribution in [-0.4, -0.2) is 20.5 Å². The van der Waals surface area contributed by atoms with E-state index in [4.69, 9.17) is 5.73 Å². The predicted octanol–water partition coefficient (Wildman–Crippen LogP) is 2.34. The molecule has 2 aromatic rings. The van der Waals surface area contributed by atoms with Gasteiger partial charge in [-0.15, -0.1) is 5.10 Å². The highest BCUT2D eigenvalue weighted by Gasteiger charge is 2.12. The number of hydrogen-bond acceptors (Lipinski definition) is 4. The Morgan fingerprint density at radius 2 is 2.05 bits per heavy atom. The van der Waals surface area contributed by atoms with Gasteiger partial charge in [0.15, 0.2) is 5.16 Å². The molecule has 6 heteroatoms. The molecule has 0 amide bonds. The van der Waals surface area contributed by atoms with Crippen LogP contribution in [0.5, 0.6) is 0 Å². The van der Waals surface area contributed by atoms with Crippen LogP contribution in [0.15, 0.2) is 34.2 Å². The van der Waals surface area contributed by atoms with Crippen molar-refractivity contribution in [3.8, 4) is 0 Å². The lowest BCUT2D eigenvalue weighted by atomic mass is 10.1. The van der Waals surface area contributed by atoms with Crippen molar-refractivity contribution in [2.24, 2.45) is 5.73 Å². The molecule has 0 fully saturated rings. The van der Waals surface area contributed by atoms with Gasteiger partial charge in [-0.3, -0.25) is 4.57 Å². The van der Waals surface area contributed by atoms with E-state index < -0.39 is 0 Å². The van der Waals surface area contributed by atoms with Gasteiger partial charge in [-0.05, 0) is 24.0 Å². The van der Waals surface area contributed by atoms with E-state index in [0.717, 1.165) is 18.4 Å². The first kappa shape index (κ1) is 15.9. The number of thioether (sulfide) groups is 1. The van der Waals surface area contributed by atoms with E-state index in [9.17, 15) is 4.79 Å². The second-order valence-corrected chi connectivity index (χ2v) is 5.96. The number of hydrogen-bond donors (Lipinski definition) is 2. The number of nitrogens with zero attached hydrogens (tertiary/aromatic N) is 2. The third kappa shape index (κ3) is 3.98. The summed E-state index contributed by atoms with van der Waals surface area (Å²) in [6.07, 6.45) is 1.93. The smallest absolute Gasteiger partial charge is 0.323 e. The van der Waals surface area contributed by atoms with E-state index in [1.54, 1.807) is 4.57 Å². The van der Waals surface area contributed by atoms with Crippen molar-refractivity contribution in [2.45, 2.75) is 44.4 Å². The van der Waals surface area contributed by atoms with Gasteiger partial charge in [-0.1, -0.05) is 49.9 Å². The maximum atomic E-state index is 11.6. The molecule has 0 bridgehead atoms. The van der Waals surface area contributed by atoms with E-state index in [1.807, 2.05) is 6.92 Å². The Labute approximate surface area is 128 Å². The minimum atomic E-state index is -0.153. The normalized spacial score (nSPS) is 12.5. The summed E-state index contributed by atoms with van der Waals surface area (Å²) in [5, 5.41) is 7.27. The Hall–Kier alpha value is -1.53. The van der Waals surface area contributed by atoms with Crippen LogP contribution in [0.25, 0.3) is 0 Å². The summed E-state index contributed by atoms with van der Waals surface area (Å²) in [6, 6.07) is 8.31. The monoisotopic (exact) mass is 306 g/mol. The Bertz CT molecular complexity index is 617. The van der Waals surface area contributed by atoms with Crippen molar-refractivity contribution in [3.05, 3.63) is 45.9 Å². The summed E-state index contributed by atoms with van der Waals surface area (Å²) in [6.45, 7) is 4.85. The second-order valence-electron chi connectivity index (χ2n) is 4.98. The minimum Gasteiger partial charge on any atom is -0.323 e. The fourth-order valence-corrected chi connectivity index (χ4v) is 3.06. The number of nitrogens with one attached hydrogen (secondary N) is 1. The molecule has 3 N–H and O–H groups in total. The molecule has 1 atom stereocenters. The standard InChI is InChI=1S/C15H22N4OS/c1-3-9-19-14(20)17-18-15(19)21-10-13(16)12-7-5-11(4-2)6-8-12/h5-8,13H,3-4,9-10,16H2,1-2H3,(H,17,20). The van der Waals surface area contributed by atoms with Gasteiger partial charge in [0.05, 0.1) is 0 Å². The van der Waals surface area contributed by atoms with Crippen LogP contribution in [0, 0.1) is 0 Å². The van der Waals surface area contributed by atoms with Crippen LogP contribution in [-0.2, 0) is 13.0 Å². The lowest BCUT2D eigenvalue weighted by Crippen LogP contribution is -2.18. The van der Waals surface area contributed by atoms with Crippen LogP contribution >= 0.6 is 11.8 Å². The average Bonchev–Trinajstić information content (AvgIpc) is 2.86. The largest absolute Gasteiger partial charge is 0.343 e. The summed E-state index contributed by atoms with van der Waals surface area (Å²) in [7, 11) is 0. The zero-order valence-corrected chi connectivity index (χ0v) is 13.3. The molecule has 0 aliphatic rings. The second kappa shape index (κ2) is 7.47. The molecule has 0 spiro atoms. The summed E-state index contributed by atoms with van der Waals surface area (Å²) >= 11 is 1.52. The fraction of sp³-hybridized carbons (Fsp3) is 0.467. The predicted molar refractivity (Wildman–Crippen MR) is 86.6 cm³/mol. The molecule has 21 heavy (non-hydrogen) atoms. The summed E-state index contributed by atoms with van der Waals surface area (Å²) in [5.74, 6) is 0.694. The fourth-order valence-electron chi connectivity index (χ4n) is 2.10. The Morgan fingerprint density at radius 3 is 2.67 bits per heavy atom. The van der Waals surface area contributed by atoms with E-state index in [0.29, 0.717) is 17.5 Å². The molecule has 0 radical (unpaired) electrons. The van der Waals surface area contributed by atoms with E-state index in [1.165, 1.54) is 17.3 Å².